The maximum absolute atomic E-state index is 13.4. The number of aryl methyl sites for hydroxylation is 1. The minimum atomic E-state index is -0.623. The Hall–Kier alpha value is -2.29. The number of phenolic OH excluding ortho intramolecular Hbond substituents is 1. The second-order valence-corrected chi connectivity index (χ2v) is 6.20. The number of para-hydroxylation sites is 1. The minimum absolute atomic E-state index is 0. The predicted octanol–water partition coefficient (Wildman–Crippen LogP) is 3.85. The summed E-state index contributed by atoms with van der Waals surface area (Å²) in [5.74, 6) is -0.318. The number of H-pyrrole nitrogens is 1. The SMILES string of the molecule is CN=C(NCCc1c[nH]c2c(C)cccc12)NCc1ccc(O)c(F)c1.I. The van der Waals surface area contributed by atoms with Gasteiger partial charge in [0.2, 0.25) is 0 Å². The molecule has 0 saturated heterocycles. The summed E-state index contributed by atoms with van der Waals surface area (Å²) >= 11 is 0. The summed E-state index contributed by atoms with van der Waals surface area (Å²) in [5.41, 5.74) is 4.40. The van der Waals surface area contributed by atoms with Gasteiger partial charge >= 0.3 is 0 Å². The molecule has 1 aromatic heterocycles. The van der Waals surface area contributed by atoms with Gasteiger partial charge in [-0.05, 0) is 42.2 Å². The molecular formula is C20H24FIN4O. The fourth-order valence-electron chi connectivity index (χ4n) is 2.95. The third-order valence-corrected chi connectivity index (χ3v) is 4.39. The topological polar surface area (TPSA) is 72.4 Å². The second-order valence-electron chi connectivity index (χ2n) is 6.20. The number of benzene rings is 2. The molecule has 0 radical (unpaired) electrons. The van der Waals surface area contributed by atoms with Gasteiger partial charge in [-0.1, -0.05) is 24.3 Å². The fraction of sp³-hybridized carbons (Fsp3) is 0.250. The van der Waals surface area contributed by atoms with E-state index >= 15 is 0 Å². The number of aromatic hydroxyl groups is 1. The van der Waals surface area contributed by atoms with Gasteiger partial charge in [-0.25, -0.2) is 4.39 Å². The first kappa shape index (κ1) is 21.0. The molecule has 0 saturated carbocycles. The quantitative estimate of drug-likeness (QED) is 0.254. The Morgan fingerprint density at radius 1 is 1.22 bits per heavy atom. The Kier molecular flexibility index (Phi) is 7.46. The van der Waals surface area contributed by atoms with E-state index in [1.54, 1.807) is 13.1 Å². The van der Waals surface area contributed by atoms with Crippen LogP contribution in [0.2, 0.25) is 0 Å². The number of nitrogens with one attached hydrogen (secondary N) is 3. The molecule has 0 aliphatic carbocycles. The molecule has 0 unspecified atom stereocenters. The van der Waals surface area contributed by atoms with Gasteiger partial charge in [0.25, 0.3) is 0 Å². The van der Waals surface area contributed by atoms with Crippen LogP contribution in [0.25, 0.3) is 10.9 Å². The molecule has 3 rings (SSSR count). The van der Waals surface area contributed by atoms with Crippen LogP contribution in [0.5, 0.6) is 5.75 Å². The minimum Gasteiger partial charge on any atom is -0.505 e. The van der Waals surface area contributed by atoms with Gasteiger partial charge in [0, 0.05) is 37.2 Å². The molecule has 0 atom stereocenters. The van der Waals surface area contributed by atoms with E-state index in [2.05, 4.69) is 51.9 Å². The van der Waals surface area contributed by atoms with Gasteiger partial charge in [0.15, 0.2) is 17.5 Å². The zero-order chi connectivity index (χ0) is 18.5. The maximum atomic E-state index is 13.4. The van der Waals surface area contributed by atoms with E-state index in [0.717, 1.165) is 18.5 Å². The smallest absolute Gasteiger partial charge is 0.191 e. The Balaban J connectivity index is 0.00000261. The van der Waals surface area contributed by atoms with Crippen molar-refractivity contribution in [3.8, 4) is 5.75 Å². The first-order chi connectivity index (χ1) is 12.6. The van der Waals surface area contributed by atoms with E-state index in [1.807, 2.05) is 0 Å². The van der Waals surface area contributed by atoms with Crippen molar-refractivity contribution in [2.45, 2.75) is 19.9 Å². The summed E-state index contributed by atoms with van der Waals surface area (Å²) in [6.45, 7) is 3.24. The van der Waals surface area contributed by atoms with Crippen molar-refractivity contribution in [1.82, 2.24) is 15.6 Å². The number of hydrogen-bond acceptors (Lipinski definition) is 2. The number of nitrogens with zero attached hydrogens (tertiary/aromatic N) is 1. The van der Waals surface area contributed by atoms with Crippen molar-refractivity contribution in [3.05, 3.63) is 65.1 Å². The Morgan fingerprint density at radius 3 is 2.78 bits per heavy atom. The average Bonchev–Trinajstić information content (AvgIpc) is 3.05. The maximum Gasteiger partial charge on any atom is 0.191 e. The second kappa shape index (κ2) is 9.59. The molecule has 1 heterocycles. The van der Waals surface area contributed by atoms with Crippen molar-refractivity contribution in [3.63, 3.8) is 0 Å². The summed E-state index contributed by atoms with van der Waals surface area (Å²) < 4.78 is 13.4. The molecule has 5 nitrogen and oxygen atoms in total. The summed E-state index contributed by atoms with van der Waals surface area (Å²) in [4.78, 5) is 7.52. The zero-order valence-corrected chi connectivity index (χ0v) is 17.7. The normalized spacial score (nSPS) is 11.3. The third-order valence-electron chi connectivity index (χ3n) is 4.39. The van der Waals surface area contributed by atoms with Gasteiger partial charge < -0.3 is 20.7 Å². The molecule has 144 valence electrons. The molecular weight excluding hydrogens is 458 g/mol. The molecule has 7 heteroatoms. The Labute approximate surface area is 175 Å². The molecule has 0 aliphatic heterocycles. The van der Waals surface area contributed by atoms with Crippen LogP contribution in [-0.2, 0) is 13.0 Å². The molecule has 0 amide bonds. The standard InChI is InChI=1S/C20H23FN4O.HI/c1-13-4-3-5-16-15(12-24-19(13)16)8-9-23-20(22-2)25-11-14-6-7-18(26)17(21)10-14;/h3-7,10,12,24,26H,8-9,11H2,1-2H3,(H2,22,23,25);1H. The highest BCUT2D eigenvalue weighted by molar-refractivity contribution is 14.0. The molecule has 0 spiro atoms. The van der Waals surface area contributed by atoms with Crippen molar-refractivity contribution >= 4 is 40.8 Å². The summed E-state index contributed by atoms with van der Waals surface area (Å²) in [6, 6.07) is 10.6. The number of aromatic amines is 1. The van der Waals surface area contributed by atoms with Crippen LogP contribution in [0, 0.1) is 12.7 Å². The van der Waals surface area contributed by atoms with E-state index in [1.165, 1.54) is 34.2 Å². The molecule has 0 fully saturated rings. The molecule has 0 aliphatic rings. The number of phenols is 1. The van der Waals surface area contributed by atoms with Crippen LogP contribution < -0.4 is 10.6 Å². The summed E-state index contributed by atoms with van der Waals surface area (Å²) in [5, 5.41) is 16.9. The lowest BCUT2D eigenvalue weighted by atomic mass is 10.1. The van der Waals surface area contributed by atoms with E-state index in [-0.39, 0.29) is 29.7 Å². The van der Waals surface area contributed by atoms with Crippen LogP contribution in [0.15, 0.2) is 47.6 Å². The van der Waals surface area contributed by atoms with Gasteiger partial charge in [0.1, 0.15) is 0 Å². The van der Waals surface area contributed by atoms with Crippen molar-refractivity contribution in [2.75, 3.05) is 13.6 Å². The van der Waals surface area contributed by atoms with Gasteiger partial charge in [-0.2, -0.15) is 0 Å². The monoisotopic (exact) mass is 482 g/mol. The first-order valence-corrected chi connectivity index (χ1v) is 8.56. The van der Waals surface area contributed by atoms with Gasteiger partial charge in [-0.15, -0.1) is 24.0 Å². The van der Waals surface area contributed by atoms with Gasteiger partial charge in [-0.3, -0.25) is 4.99 Å². The van der Waals surface area contributed by atoms with E-state index in [0.29, 0.717) is 12.5 Å². The highest BCUT2D eigenvalue weighted by Crippen LogP contribution is 2.21. The third kappa shape index (κ3) is 5.12. The summed E-state index contributed by atoms with van der Waals surface area (Å²) in [7, 11) is 1.70. The zero-order valence-electron chi connectivity index (χ0n) is 15.3. The largest absolute Gasteiger partial charge is 0.505 e. The van der Waals surface area contributed by atoms with Crippen LogP contribution in [0.4, 0.5) is 4.39 Å². The fourth-order valence-corrected chi connectivity index (χ4v) is 2.95. The Morgan fingerprint density at radius 2 is 2.04 bits per heavy atom. The molecule has 3 aromatic rings. The average molecular weight is 482 g/mol. The van der Waals surface area contributed by atoms with Crippen molar-refractivity contribution in [2.24, 2.45) is 4.99 Å². The lowest BCUT2D eigenvalue weighted by molar-refractivity contribution is 0.431. The van der Waals surface area contributed by atoms with Crippen molar-refractivity contribution < 1.29 is 9.50 Å². The number of hydrogen-bond donors (Lipinski definition) is 4. The van der Waals surface area contributed by atoms with Crippen LogP contribution >= 0.6 is 24.0 Å². The predicted molar refractivity (Wildman–Crippen MR) is 118 cm³/mol. The number of aliphatic imine (C=N–C) groups is 1. The van der Waals surface area contributed by atoms with Crippen LogP contribution in [0.3, 0.4) is 0 Å². The molecule has 2 aromatic carbocycles. The van der Waals surface area contributed by atoms with E-state index in [9.17, 15) is 9.50 Å². The van der Waals surface area contributed by atoms with Crippen LogP contribution in [0.1, 0.15) is 16.7 Å². The van der Waals surface area contributed by atoms with Crippen LogP contribution in [-0.4, -0.2) is 29.6 Å². The first-order valence-electron chi connectivity index (χ1n) is 8.56. The highest BCUT2D eigenvalue weighted by Gasteiger charge is 2.06. The number of fused-ring (bicyclic) bond motifs is 1. The van der Waals surface area contributed by atoms with E-state index < -0.39 is 5.82 Å². The Bertz CT molecular complexity index is 939. The number of aromatic nitrogens is 1. The lowest BCUT2D eigenvalue weighted by Crippen LogP contribution is -2.37. The number of rotatable bonds is 5. The highest BCUT2D eigenvalue weighted by atomic mass is 127. The van der Waals surface area contributed by atoms with Crippen molar-refractivity contribution in [1.29, 1.82) is 0 Å². The molecule has 4 N–H and O–H groups in total. The molecule has 0 bridgehead atoms. The summed E-state index contributed by atoms with van der Waals surface area (Å²) in [6.07, 6.45) is 2.91. The number of guanidine groups is 1. The van der Waals surface area contributed by atoms with Gasteiger partial charge in [0.05, 0.1) is 0 Å². The van der Waals surface area contributed by atoms with E-state index in [4.69, 9.17) is 0 Å². The number of halogens is 2. The molecule has 27 heavy (non-hydrogen) atoms. The lowest BCUT2D eigenvalue weighted by Gasteiger charge is -2.12.